The molecule has 0 aliphatic carbocycles. The van der Waals surface area contributed by atoms with Crippen molar-refractivity contribution in [1.29, 1.82) is 0 Å². The second-order valence-electron chi connectivity index (χ2n) is 4.40. The van der Waals surface area contributed by atoms with Crippen molar-refractivity contribution in [2.75, 3.05) is 6.54 Å². The average Bonchev–Trinajstić information content (AvgIpc) is 2.99. The third-order valence-corrected chi connectivity index (χ3v) is 4.87. The third kappa shape index (κ3) is 3.59. The van der Waals surface area contributed by atoms with E-state index >= 15 is 0 Å². The number of hydrogen-bond acceptors (Lipinski definition) is 4. The molecule has 0 aliphatic heterocycles. The molecule has 0 bridgehead atoms. The summed E-state index contributed by atoms with van der Waals surface area (Å²) in [5.74, 6) is 0. The van der Waals surface area contributed by atoms with Crippen molar-refractivity contribution in [2.45, 2.75) is 32.5 Å². The molecule has 0 saturated heterocycles. The van der Waals surface area contributed by atoms with Crippen LogP contribution in [-0.4, -0.2) is 11.5 Å². The number of nitrogens with zero attached hydrogens (tertiary/aromatic N) is 1. The molecule has 1 N–H and O–H groups in total. The van der Waals surface area contributed by atoms with Gasteiger partial charge >= 0.3 is 6.18 Å². The van der Waals surface area contributed by atoms with Crippen LogP contribution in [0.4, 0.5) is 13.2 Å². The average molecular weight is 320 g/mol. The third-order valence-electron chi connectivity index (χ3n) is 2.69. The summed E-state index contributed by atoms with van der Waals surface area (Å²) >= 11 is 2.30. The van der Waals surface area contributed by atoms with Crippen LogP contribution in [0.2, 0.25) is 0 Å². The fourth-order valence-electron chi connectivity index (χ4n) is 1.79. The predicted molar refractivity (Wildman–Crippen MR) is 76.3 cm³/mol. The van der Waals surface area contributed by atoms with Crippen molar-refractivity contribution in [2.24, 2.45) is 0 Å². The summed E-state index contributed by atoms with van der Waals surface area (Å²) in [4.78, 5) is 6.28. The minimum atomic E-state index is -4.37. The fraction of sp³-hybridized carbons (Fsp3) is 0.462. The van der Waals surface area contributed by atoms with Crippen LogP contribution in [0.15, 0.2) is 18.3 Å². The maximum Gasteiger partial charge on any atom is 0.443 e. The molecule has 2 nitrogen and oxygen atoms in total. The molecular formula is C13H15F3N2S2. The van der Waals surface area contributed by atoms with E-state index in [0.29, 0.717) is 16.2 Å². The first kappa shape index (κ1) is 15.5. The van der Waals surface area contributed by atoms with Crippen LogP contribution in [0.5, 0.6) is 0 Å². The Morgan fingerprint density at radius 2 is 2.00 bits per heavy atom. The lowest BCUT2D eigenvalue weighted by Gasteiger charge is -2.15. The topological polar surface area (TPSA) is 24.9 Å². The van der Waals surface area contributed by atoms with Gasteiger partial charge in [0.05, 0.1) is 6.04 Å². The molecule has 0 amide bonds. The van der Waals surface area contributed by atoms with E-state index in [4.69, 9.17) is 0 Å². The van der Waals surface area contributed by atoms with E-state index in [-0.39, 0.29) is 6.04 Å². The number of nitrogens with one attached hydrogen (secondary N) is 1. The van der Waals surface area contributed by atoms with E-state index in [9.17, 15) is 13.2 Å². The number of halogens is 3. The first-order chi connectivity index (χ1) is 9.41. The van der Waals surface area contributed by atoms with Crippen molar-refractivity contribution in [3.05, 3.63) is 38.0 Å². The standard InChI is InChI=1S/C13H15F3N2S2/c1-3-6-17-11(9-5-4-8(2)19-9)10-7-18-12(20-10)13(14,15)16/h4-5,7,11,17H,3,6H2,1-2H3. The highest BCUT2D eigenvalue weighted by atomic mass is 32.1. The lowest BCUT2D eigenvalue weighted by atomic mass is 10.2. The largest absolute Gasteiger partial charge is 0.443 e. The van der Waals surface area contributed by atoms with Gasteiger partial charge in [-0.1, -0.05) is 6.92 Å². The summed E-state index contributed by atoms with van der Waals surface area (Å²) in [5.41, 5.74) is 0. The van der Waals surface area contributed by atoms with Crippen LogP contribution in [0.25, 0.3) is 0 Å². The Balaban J connectivity index is 2.29. The molecule has 0 saturated carbocycles. The maximum atomic E-state index is 12.7. The van der Waals surface area contributed by atoms with E-state index < -0.39 is 11.2 Å². The molecule has 1 atom stereocenters. The Morgan fingerprint density at radius 3 is 2.50 bits per heavy atom. The summed E-state index contributed by atoms with van der Waals surface area (Å²) in [5, 5.41) is 2.51. The van der Waals surface area contributed by atoms with E-state index in [0.717, 1.165) is 22.7 Å². The molecule has 2 heterocycles. The van der Waals surface area contributed by atoms with E-state index in [1.165, 1.54) is 6.20 Å². The summed E-state index contributed by atoms with van der Waals surface area (Å²) < 4.78 is 38.0. The zero-order chi connectivity index (χ0) is 14.8. The molecule has 0 aliphatic rings. The first-order valence-electron chi connectivity index (χ1n) is 6.24. The smallest absolute Gasteiger partial charge is 0.305 e. The maximum absolute atomic E-state index is 12.7. The van der Waals surface area contributed by atoms with E-state index in [1.807, 2.05) is 26.0 Å². The van der Waals surface area contributed by atoms with E-state index in [1.54, 1.807) is 11.3 Å². The second kappa shape index (κ2) is 6.24. The number of alkyl halides is 3. The van der Waals surface area contributed by atoms with Crippen molar-refractivity contribution >= 4 is 22.7 Å². The Labute approximate surface area is 123 Å². The number of hydrogen-bond donors (Lipinski definition) is 1. The van der Waals surface area contributed by atoms with Gasteiger partial charge in [0.2, 0.25) is 0 Å². The Kier molecular flexibility index (Phi) is 4.82. The zero-order valence-electron chi connectivity index (χ0n) is 11.1. The van der Waals surface area contributed by atoms with Gasteiger partial charge in [0, 0.05) is 20.8 Å². The summed E-state index contributed by atoms with van der Waals surface area (Å²) in [6.07, 6.45) is -2.12. The quantitative estimate of drug-likeness (QED) is 0.869. The normalized spacial score (nSPS) is 13.7. The Morgan fingerprint density at radius 1 is 1.25 bits per heavy atom. The van der Waals surface area contributed by atoms with E-state index in [2.05, 4.69) is 10.3 Å². The van der Waals surface area contributed by atoms with Crippen molar-refractivity contribution in [3.8, 4) is 0 Å². The molecule has 2 aromatic rings. The van der Waals surface area contributed by atoms with Gasteiger partial charge in [-0.25, -0.2) is 4.98 Å². The lowest BCUT2D eigenvalue weighted by Crippen LogP contribution is -2.21. The Bertz CT molecular complexity index is 560. The number of aromatic nitrogens is 1. The minimum Gasteiger partial charge on any atom is -0.305 e. The molecule has 2 aromatic heterocycles. The van der Waals surface area contributed by atoms with Gasteiger partial charge in [-0.15, -0.1) is 22.7 Å². The van der Waals surface area contributed by atoms with Crippen LogP contribution in [0, 0.1) is 6.92 Å². The molecule has 0 aromatic carbocycles. The highest BCUT2D eigenvalue weighted by molar-refractivity contribution is 7.13. The molecule has 1 unspecified atom stereocenters. The van der Waals surface area contributed by atoms with Crippen molar-refractivity contribution < 1.29 is 13.2 Å². The van der Waals surface area contributed by atoms with Gasteiger partial charge in [0.25, 0.3) is 0 Å². The van der Waals surface area contributed by atoms with Gasteiger partial charge in [-0.3, -0.25) is 0 Å². The number of rotatable bonds is 5. The monoisotopic (exact) mass is 320 g/mol. The molecule has 7 heteroatoms. The van der Waals surface area contributed by atoms with Gasteiger partial charge < -0.3 is 5.32 Å². The molecular weight excluding hydrogens is 305 g/mol. The van der Waals surface area contributed by atoms with Gasteiger partial charge in [-0.2, -0.15) is 13.2 Å². The predicted octanol–water partition coefficient (Wildman–Crippen LogP) is 4.62. The van der Waals surface area contributed by atoms with Crippen LogP contribution in [0.1, 0.15) is 39.0 Å². The molecule has 20 heavy (non-hydrogen) atoms. The number of aryl methyl sites for hydroxylation is 1. The Hall–Kier alpha value is -0.920. The first-order valence-corrected chi connectivity index (χ1v) is 7.87. The molecule has 2 rings (SSSR count). The number of thiazole rings is 1. The molecule has 0 spiro atoms. The molecule has 110 valence electrons. The van der Waals surface area contributed by atoms with Crippen molar-refractivity contribution in [3.63, 3.8) is 0 Å². The van der Waals surface area contributed by atoms with Gasteiger partial charge in [-0.05, 0) is 32.0 Å². The van der Waals surface area contributed by atoms with Crippen LogP contribution >= 0.6 is 22.7 Å². The van der Waals surface area contributed by atoms with Crippen LogP contribution in [-0.2, 0) is 6.18 Å². The lowest BCUT2D eigenvalue weighted by molar-refractivity contribution is -0.137. The summed E-state index contributed by atoms with van der Waals surface area (Å²) in [6.45, 7) is 4.76. The minimum absolute atomic E-state index is 0.206. The van der Waals surface area contributed by atoms with Crippen LogP contribution < -0.4 is 5.32 Å². The van der Waals surface area contributed by atoms with Crippen LogP contribution in [0.3, 0.4) is 0 Å². The SMILES string of the molecule is CCCNC(c1ccc(C)s1)c1cnc(C(F)(F)F)s1. The van der Waals surface area contributed by atoms with Gasteiger partial charge in [0.1, 0.15) is 0 Å². The fourth-order valence-corrected chi connectivity index (χ4v) is 3.71. The zero-order valence-corrected chi connectivity index (χ0v) is 12.8. The highest BCUT2D eigenvalue weighted by Gasteiger charge is 2.35. The second-order valence-corrected chi connectivity index (χ2v) is 6.78. The van der Waals surface area contributed by atoms with Crippen molar-refractivity contribution in [1.82, 2.24) is 10.3 Å². The summed E-state index contributed by atoms with van der Waals surface area (Å²) in [7, 11) is 0. The van der Waals surface area contributed by atoms with Gasteiger partial charge in [0.15, 0.2) is 5.01 Å². The molecule has 0 fully saturated rings. The highest BCUT2D eigenvalue weighted by Crippen LogP contribution is 2.37. The summed E-state index contributed by atoms with van der Waals surface area (Å²) in [6, 6.07) is 3.73. The number of thiophene rings is 1. The molecule has 0 radical (unpaired) electrons.